The van der Waals surface area contributed by atoms with Crippen molar-refractivity contribution in [2.75, 3.05) is 17.6 Å². The lowest BCUT2D eigenvalue weighted by Gasteiger charge is -2.13. The maximum atomic E-state index is 11.7. The van der Waals surface area contributed by atoms with Gasteiger partial charge in [-0.25, -0.2) is 9.78 Å². The van der Waals surface area contributed by atoms with Crippen molar-refractivity contribution in [2.45, 2.75) is 12.8 Å². The SMILES string of the molecule is CC(CNc1c(N)n(C)c(=O)[nH]c1=O)c1nccs1. The van der Waals surface area contributed by atoms with Crippen LogP contribution in [-0.4, -0.2) is 21.1 Å². The highest BCUT2D eigenvalue weighted by Crippen LogP contribution is 2.18. The fraction of sp³-hybridized carbons (Fsp3) is 0.364. The first-order chi connectivity index (χ1) is 9.00. The van der Waals surface area contributed by atoms with Crippen LogP contribution < -0.4 is 22.3 Å². The predicted octanol–water partition coefficient (Wildman–Crippen LogP) is 0.328. The summed E-state index contributed by atoms with van der Waals surface area (Å²) < 4.78 is 1.19. The first-order valence-electron chi connectivity index (χ1n) is 5.72. The molecule has 2 rings (SSSR count). The number of hydrogen-bond donors (Lipinski definition) is 3. The molecule has 19 heavy (non-hydrogen) atoms. The minimum atomic E-state index is -0.527. The lowest BCUT2D eigenvalue weighted by Crippen LogP contribution is -2.33. The molecule has 2 heterocycles. The first-order valence-corrected chi connectivity index (χ1v) is 6.60. The van der Waals surface area contributed by atoms with E-state index in [2.05, 4.69) is 15.3 Å². The monoisotopic (exact) mass is 281 g/mol. The summed E-state index contributed by atoms with van der Waals surface area (Å²) in [7, 11) is 1.50. The Labute approximate surface area is 113 Å². The number of aromatic amines is 1. The number of hydrogen-bond acceptors (Lipinski definition) is 6. The number of thiazole rings is 1. The van der Waals surface area contributed by atoms with E-state index in [4.69, 9.17) is 5.73 Å². The maximum Gasteiger partial charge on any atom is 0.329 e. The second-order valence-corrected chi connectivity index (χ2v) is 5.16. The van der Waals surface area contributed by atoms with Crippen LogP contribution in [0, 0.1) is 0 Å². The Morgan fingerprint density at radius 2 is 2.32 bits per heavy atom. The van der Waals surface area contributed by atoms with Gasteiger partial charge in [-0.3, -0.25) is 14.3 Å². The molecule has 0 spiro atoms. The van der Waals surface area contributed by atoms with Crippen LogP contribution in [0.2, 0.25) is 0 Å². The molecule has 0 aliphatic carbocycles. The zero-order chi connectivity index (χ0) is 14.0. The zero-order valence-corrected chi connectivity index (χ0v) is 11.5. The van der Waals surface area contributed by atoms with Crippen molar-refractivity contribution in [3.05, 3.63) is 37.4 Å². The van der Waals surface area contributed by atoms with E-state index in [9.17, 15) is 9.59 Å². The predicted molar refractivity (Wildman–Crippen MR) is 75.7 cm³/mol. The Bertz CT molecular complexity index is 673. The van der Waals surface area contributed by atoms with E-state index >= 15 is 0 Å². The van der Waals surface area contributed by atoms with E-state index in [-0.39, 0.29) is 17.4 Å². The summed E-state index contributed by atoms with van der Waals surface area (Å²) in [6.45, 7) is 2.51. The smallest absolute Gasteiger partial charge is 0.329 e. The number of nitrogens with two attached hydrogens (primary N) is 1. The molecule has 0 saturated heterocycles. The molecule has 0 aromatic carbocycles. The molecule has 0 aliphatic rings. The minimum Gasteiger partial charge on any atom is -0.383 e. The summed E-state index contributed by atoms with van der Waals surface area (Å²) in [4.78, 5) is 29.4. The highest BCUT2D eigenvalue weighted by atomic mass is 32.1. The molecule has 0 bridgehead atoms. The number of nitrogens with zero attached hydrogens (tertiary/aromatic N) is 2. The van der Waals surface area contributed by atoms with Gasteiger partial charge in [-0.1, -0.05) is 6.92 Å². The molecule has 102 valence electrons. The molecule has 0 amide bonds. The lowest BCUT2D eigenvalue weighted by atomic mass is 10.2. The molecule has 0 fully saturated rings. The van der Waals surface area contributed by atoms with Crippen LogP contribution in [0.3, 0.4) is 0 Å². The average molecular weight is 281 g/mol. The van der Waals surface area contributed by atoms with Crippen LogP contribution >= 0.6 is 11.3 Å². The van der Waals surface area contributed by atoms with Gasteiger partial charge in [0.15, 0.2) is 0 Å². The highest BCUT2D eigenvalue weighted by molar-refractivity contribution is 7.09. The van der Waals surface area contributed by atoms with Gasteiger partial charge in [-0.15, -0.1) is 11.3 Å². The Hall–Kier alpha value is -2.09. The molecule has 8 heteroatoms. The van der Waals surface area contributed by atoms with Crippen molar-refractivity contribution in [2.24, 2.45) is 7.05 Å². The van der Waals surface area contributed by atoms with Crippen molar-refractivity contribution < 1.29 is 0 Å². The molecule has 4 N–H and O–H groups in total. The summed E-state index contributed by atoms with van der Waals surface area (Å²) in [5, 5.41) is 5.86. The van der Waals surface area contributed by atoms with Gasteiger partial charge in [0, 0.05) is 31.1 Å². The topological polar surface area (TPSA) is 106 Å². The first kappa shape index (κ1) is 13.3. The summed E-state index contributed by atoms with van der Waals surface area (Å²) >= 11 is 1.56. The number of H-pyrrole nitrogens is 1. The van der Waals surface area contributed by atoms with E-state index < -0.39 is 11.2 Å². The van der Waals surface area contributed by atoms with Crippen LogP contribution in [0.4, 0.5) is 11.5 Å². The lowest BCUT2D eigenvalue weighted by molar-refractivity contribution is 0.780. The molecule has 1 unspecified atom stereocenters. The van der Waals surface area contributed by atoms with Crippen molar-refractivity contribution in [3.8, 4) is 0 Å². The van der Waals surface area contributed by atoms with Gasteiger partial charge in [0.25, 0.3) is 5.56 Å². The molecule has 2 aromatic heterocycles. The Balaban J connectivity index is 2.19. The van der Waals surface area contributed by atoms with E-state index in [0.717, 1.165) is 5.01 Å². The molecular weight excluding hydrogens is 266 g/mol. The number of anilines is 2. The van der Waals surface area contributed by atoms with E-state index in [0.29, 0.717) is 6.54 Å². The molecule has 0 radical (unpaired) electrons. The van der Waals surface area contributed by atoms with Gasteiger partial charge in [-0.2, -0.15) is 0 Å². The van der Waals surface area contributed by atoms with Crippen LogP contribution in [0.25, 0.3) is 0 Å². The van der Waals surface area contributed by atoms with Crippen LogP contribution in [-0.2, 0) is 7.05 Å². The third-order valence-corrected chi connectivity index (χ3v) is 3.83. The minimum absolute atomic E-state index is 0.125. The van der Waals surface area contributed by atoms with Crippen molar-refractivity contribution in [1.29, 1.82) is 0 Å². The number of aromatic nitrogens is 3. The van der Waals surface area contributed by atoms with Crippen LogP contribution in [0.15, 0.2) is 21.2 Å². The second kappa shape index (κ2) is 5.27. The van der Waals surface area contributed by atoms with Crippen LogP contribution in [0.1, 0.15) is 17.8 Å². The third kappa shape index (κ3) is 2.68. The van der Waals surface area contributed by atoms with Gasteiger partial charge in [0.2, 0.25) is 0 Å². The fourth-order valence-electron chi connectivity index (χ4n) is 1.63. The Kier molecular flexibility index (Phi) is 3.70. The summed E-state index contributed by atoms with van der Waals surface area (Å²) in [6, 6.07) is 0. The fourth-order valence-corrected chi connectivity index (χ4v) is 2.33. The summed E-state index contributed by atoms with van der Waals surface area (Å²) in [6.07, 6.45) is 1.74. The standard InChI is InChI=1S/C11H15N5O2S/c1-6(10-13-3-4-19-10)5-14-7-8(12)16(2)11(18)15-9(7)17/h3-4,6,14H,5,12H2,1-2H3,(H,15,17,18). The molecule has 0 saturated carbocycles. The number of nitrogens with one attached hydrogen (secondary N) is 2. The normalized spacial score (nSPS) is 12.3. The molecular formula is C11H15N5O2S. The number of rotatable bonds is 4. The zero-order valence-electron chi connectivity index (χ0n) is 10.6. The summed E-state index contributed by atoms with van der Waals surface area (Å²) in [5.74, 6) is 0.274. The third-order valence-electron chi connectivity index (χ3n) is 2.83. The molecule has 1 atom stereocenters. The molecule has 2 aromatic rings. The van der Waals surface area contributed by atoms with Gasteiger partial charge in [0.05, 0.1) is 5.01 Å². The quantitative estimate of drug-likeness (QED) is 0.748. The highest BCUT2D eigenvalue weighted by Gasteiger charge is 2.12. The van der Waals surface area contributed by atoms with Gasteiger partial charge in [-0.05, 0) is 0 Å². The van der Waals surface area contributed by atoms with Crippen molar-refractivity contribution in [3.63, 3.8) is 0 Å². The van der Waals surface area contributed by atoms with Gasteiger partial charge >= 0.3 is 5.69 Å². The van der Waals surface area contributed by atoms with Crippen molar-refractivity contribution in [1.82, 2.24) is 14.5 Å². The Morgan fingerprint density at radius 3 is 2.95 bits per heavy atom. The maximum absolute atomic E-state index is 11.7. The largest absolute Gasteiger partial charge is 0.383 e. The van der Waals surface area contributed by atoms with Gasteiger partial charge in [0.1, 0.15) is 11.5 Å². The molecule has 7 nitrogen and oxygen atoms in total. The van der Waals surface area contributed by atoms with Crippen molar-refractivity contribution >= 4 is 22.8 Å². The van der Waals surface area contributed by atoms with Crippen LogP contribution in [0.5, 0.6) is 0 Å². The van der Waals surface area contributed by atoms with E-state index in [1.165, 1.54) is 11.6 Å². The van der Waals surface area contributed by atoms with Gasteiger partial charge < -0.3 is 11.1 Å². The number of nitrogen functional groups attached to an aromatic ring is 1. The second-order valence-electron chi connectivity index (χ2n) is 4.23. The molecule has 0 aliphatic heterocycles. The Morgan fingerprint density at radius 1 is 1.58 bits per heavy atom. The summed E-state index contributed by atoms with van der Waals surface area (Å²) in [5.41, 5.74) is 4.94. The van der Waals surface area contributed by atoms with E-state index in [1.54, 1.807) is 17.5 Å². The average Bonchev–Trinajstić information content (AvgIpc) is 2.89. The van der Waals surface area contributed by atoms with E-state index in [1.807, 2.05) is 12.3 Å².